The number of aryl methyl sites for hydroxylation is 1. The second-order valence-corrected chi connectivity index (χ2v) is 4.87. The quantitative estimate of drug-likeness (QED) is 0.876. The van der Waals surface area contributed by atoms with Crippen molar-refractivity contribution in [2.24, 2.45) is 0 Å². The molecule has 7 heteroatoms. The predicted octanol–water partition coefficient (Wildman–Crippen LogP) is 3.67. The largest absolute Gasteiger partial charge is 0.340 e. The molecule has 4 nitrogen and oxygen atoms in total. The van der Waals surface area contributed by atoms with Crippen LogP contribution in [0.25, 0.3) is 0 Å². The van der Waals surface area contributed by atoms with Gasteiger partial charge in [0.1, 0.15) is 5.82 Å². The maximum Gasteiger partial charge on any atom is 0.223 e. The molecule has 102 valence electrons. The Kier molecular flexibility index (Phi) is 4.39. The highest BCUT2D eigenvalue weighted by atomic mass is 35.5. The molecule has 2 rings (SSSR count). The fraction of sp³-hybridized carbons (Fsp3) is 0.333. The second kappa shape index (κ2) is 5.86. The van der Waals surface area contributed by atoms with Crippen LogP contribution in [0, 0.1) is 12.7 Å². The molecule has 1 N–H and O–H groups in total. The van der Waals surface area contributed by atoms with E-state index in [4.69, 9.17) is 27.7 Å². The molecule has 2 aromatic rings. The van der Waals surface area contributed by atoms with Gasteiger partial charge in [-0.2, -0.15) is 4.98 Å². The van der Waals surface area contributed by atoms with E-state index in [9.17, 15) is 4.39 Å². The van der Waals surface area contributed by atoms with Crippen molar-refractivity contribution >= 4 is 23.2 Å². The van der Waals surface area contributed by atoms with Gasteiger partial charge >= 0.3 is 0 Å². The van der Waals surface area contributed by atoms with Gasteiger partial charge in [0.2, 0.25) is 5.89 Å². The number of benzene rings is 1. The summed E-state index contributed by atoms with van der Waals surface area (Å²) in [6.07, 6.45) is 0. The first-order valence-corrected chi connectivity index (χ1v) is 6.40. The first kappa shape index (κ1) is 14.2. The molecule has 1 aromatic carbocycles. The van der Waals surface area contributed by atoms with Crippen molar-refractivity contribution in [2.45, 2.75) is 26.4 Å². The molecule has 0 aliphatic heterocycles. The summed E-state index contributed by atoms with van der Waals surface area (Å²) in [6, 6.07) is 2.48. The van der Waals surface area contributed by atoms with E-state index in [1.165, 1.54) is 12.1 Å². The van der Waals surface area contributed by atoms with Gasteiger partial charge in [-0.25, -0.2) is 4.39 Å². The summed E-state index contributed by atoms with van der Waals surface area (Å²) < 4.78 is 18.3. The smallest absolute Gasteiger partial charge is 0.223 e. The van der Waals surface area contributed by atoms with Crippen molar-refractivity contribution in [3.05, 3.63) is 45.3 Å². The van der Waals surface area contributed by atoms with E-state index in [1.807, 2.05) is 6.92 Å². The number of rotatable bonds is 4. The van der Waals surface area contributed by atoms with Crippen molar-refractivity contribution in [3.8, 4) is 0 Å². The molecule has 1 atom stereocenters. The summed E-state index contributed by atoms with van der Waals surface area (Å²) in [7, 11) is 0. The molecule has 0 bridgehead atoms. The minimum atomic E-state index is -0.495. The number of nitrogens with zero attached hydrogens (tertiary/aromatic N) is 2. The summed E-state index contributed by atoms with van der Waals surface area (Å²) in [6.45, 7) is 3.92. The topological polar surface area (TPSA) is 51.0 Å². The van der Waals surface area contributed by atoms with Gasteiger partial charge in [-0.05, 0) is 19.1 Å². The van der Waals surface area contributed by atoms with Crippen LogP contribution in [0.15, 0.2) is 16.7 Å². The Labute approximate surface area is 119 Å². The lowest BCUT2D eigenvalue weighted by molar-refractivity contribution is 0.384. The zero-order chi connectivity index (χ0) is 14.0. The van der Waals surface area contributed by atoms with Gasteiger partial charge < -0.3 is 9.84 Å². The monoisotopic (exact) mass is 303 g/mol. The van der Waals surface area contributed by atoms with E-state index < -0.39 is 5.82 Å². The molecule has 0 amide bonds. The minimum absolute atomic E-state index is 0.0248. The summed E-state index contributed by atoms with van der Waals surface area (Å²) in [5.41, 5.74) is 0.517. The van der Waals surface area contributed by atoms with Crippen molar-refractivity contribution in [1.29, 1.82) is 0 Å². The highest BCUT2D eigenvalue weighted by Gasteiger charge is 2.17. The molecule has 0 aliphatic carbocycles. The normalized spacial score (nSPS) is 12.7. The average molecular weight is 304 g/mol. The van der Waals surface area contributed by atoms with Gasteiger partial charge in [0.15, 0.2) is 5.82 Å². The molecular weight excluding hydrogens is 292 g/mol. The molecule has 19 heavy (non-hydrogen) atoms. The van der Waals surface area contributed by atoms with E-state index in [0.717, 1.165) is 0 Å². The first-order valence-electron chi connectivity index (χ1n) is 5.65. The summed E-state index contributed by atoms with van der Waals surface area (Å²) in [5.74, 6) is 0.518. The lowest BCUT2D eigenvalue weighted by Gasteiger charge is -2.16. The van der Waals surface area contributed by atoms with Crippen molar-refractivity contribution in [1.82, 2.24) is 15.5 Å². The lowest BCUT2D eigenvalue weighted by Crippen LogP contribution is -2.19. The van der Waals surface area contributed by atoms with Crippen LogP contribution in [0.5, 0.6) is 0 Å². The summed E-state index contributed by atoms with van der Waals surface area (Å²) >= 11 is 12.0. The van der Waals surface area contributed by atoms with E-state index in [1.54, 1.807) is 6.92 Å². The maximum atomic E-state index is 13.4. The van der Waals surface area contributed by atoms with Crippen LogP contribution in [0.1, 0.15) is 30.2 Å². The second-order valence-electron chi connectivity index (χ2n) is 4.09. The molecule has 1 unspecified atom stereocenters. The van der Waals surface area contributed by atoms with E-state index in [0.29, 0.717) is 28.8 Å². The fourth-order valence-corrected chi connectivity index (χ4v) is 2.40. The minimum Gasteiger partial charge on any atom is -0.340 e. The predicted molar refractivity (Wildman–Crippen MR) is 70.7 cm³/mol. The van der Waals surface area contributed by atoms with Crippen LogP contribution >= 0.6 is 23.2 Å². The number of halogens is 3. The Morgan fingerprint density at radius 3 is 2.79 bits per heavy atom. The molecule has 0 radical (unpaired) electrons. The third-order valence-electron chi connectivity index (χ3n) is 2.65. The van der Waals surface area contributed by atoms with Crippen LogP contribution in [-0.4, -0.2) is 10.1 Å². The third kappa shape index (κ3) is 3.23. The Balaban J connectivity index is 2.12. The van der Waals surface area contributed by atoms with Crippen molar-refractivity contribution < 1.29 is 8.91 Å². The first-order chi connectivity index (χ1) is 8.99. The number of aromatic nitrogens is 2. The maximum absolute atomic E-state index is 13.4. The molecule has 0 aliphatic rings. The van der Waals surface area contributed by atoms with Gasteiger partial charge in [0, 0.05) is 23.6 Å². The van der Waals surface area contributed by atoms with Crippen molar-refractivity contribution in [3.63, 3.8) is 0 Å². The van der Waals surface area contributed by atoms with Crippen LogP contribution in [-0.2, 0) is 6.54 Å². The zero-order valence-electron chi connectivity index (χ0n) is 10.4. The highest BCUT2D eigenvalue weighted by Crippen LogP contribution is 2.32. The van der Waals surface area contributed by atoms with Crippen LogP contribution < -0.4 is 5.32 Å². The summed E-state index contributed by atoms with van der Waals surface area (Å²) in [4.78, 5) is 4.06. The van der Waals surface area contributed by atoms with Gasteiger partial charge in [0.05, 0.1) is 11.6 Å². The van der Waals surface area contributed by atoms with Gasteiger partial charge in [-0.1, -0.05) is 28.4 Å². The summed E-state index contributed by atoms with van der Waals surface area (Å²) in [5, 5.41) is 7.31. The number of hydrogen-bond donors (Lipinski definition) is 1. The molecule has 0 fully saturated rings. The van der Waals surface area contributed by atoms with Crippen LogP contribution in [0.3, 0.4) is 0 Å². The Bertz CT molecular complexity index is 588. The molecular formula is C12H12Cl2FN3O. The molecule has 0 saturated heterocycles. The standard InChI is InChI=1S/C12H12Cl2FN3O/c1-6(16-5-10-17-7(2)19-18-10)11-8(13)3-4-9(15)12(11)14/h3-4,6,16H,5H2,1-2H3. The average Bonchev–Trinajstić information content (AvgIpc) is 2.78. The van der Waals surface area contributed by atoms with Gasteiger partial charge in [-0.15, -0.1) is 0 Å². The van der Waals surface area contributed by atoms with Gasteiger partial charge in [0.25, 0.3) is 0 Å². The fourth-order valence-electron chi connectivity index (χ4n) is 1.70. The third-order valence-corrected chi connectivity index (χ3v) is 3.36. The molecule has 0 spiro atoms. The Hall–Kier alpha value is -1.17. The number of hydrogen-bond acceptors (Lipinski definition) is 4. The highest BCUT2D eigenvalue weighted by molar-refractivity contribution is 6.36. The SMILES string of the molecule is Cc1nc(CNC(C)c2c(Cl)ccc(F)c2Cl)no1. The molecule has 1 heterocycles. The lowest BCUT2D eigenvalue weighted by atomic mass is 10.1. The Morgan fingerprint density at radius 1 is 1.42 bits per heavy atom. The molecule has 0 saturated carbocycles. The van der Waals surface area contributed by atoms with Crippen molar-refractivity contribution in [2.75, 3.05) is 0 Å². The van der Waals surface area contributed by atoms with E-state index in [2.05, 4.69) is 15.5 Å². The van der Waals surface area contributed by atoms with E-state index in [-0.39, 0.29) is 11.1 Å². The van der Waals surface area contributed by atoms with Gasteiger partial charge in [-0.3, -0.25) is 0 Å². The molecule has 1 aromatic heterocycles. The zero-order valence-corrected chi connectivity index (χ0v) is 11.9. The Morgan fingerprint density at radius 2 is 2.16 bits per heavy atom. The van der Waals surface area contributed by atoms with Crippen LogP contribution in [0.2, 0.25) is 10.0 Å². The van der Waals surface area contributed by atoms with E-state index >= 15 is 0 Å². The van der Waals surface area contributed by atoms with Crippen LogP contribution in [0.4, 0.5) is 4.39 Å². The number of nitrogens with one attached hydrogen (secondary N) is 1.